The van der Waals surface area contributed by atoms with Gasteiger partial charge < -0.3 is 0 Å². The van der Waals surface area contributed by atoms with Crippen molar-refractivity contribution in [2.45, 2.75) is 11.8 Å². The summed E-state index contributed by atoms with van der Waals surface area (Å²) >= 11 is 5.44. The van der Waals surface area contributed by atoms with Gasteiger partial charge in [0.1, 0.15) is 10.7 Å². The third-order valence-corrected chi connectivity index (χ3v) is 3.35. The second kappa shape index (κ2) is 3.44. The Kier molecular flexibility index (Phi) is 2.85. The number of rotatable bonds is 1. The summed E-state index contributed by atoms with van der Waals surface area (Å²) < 4.78 is 34.7. The summed E-state index contributed by atoms with van der Waals surface area (Å²) in [5.74, 6) is -0.761. The molecule has 0 spiro atoms. The Bertz CT molecular complexity index is 442. The molecule has 6 heteroatoms. The minimum atomic E-state index is -3.97. The predicted molar refractivity (Wildman–Crippen MR) is 49.2 cm³/mol. The number of hydrogen-bond donors (Lipinski definition) is 0. The van der Waals surface area contributed by atoms with E-state index in [2.05, 4.69) is 0 Å². The minimum Gasteiger partial charge on any atom is -0.207 e. The molecule has 0 saturated carbocycles. The smallest absolute Gasteiger partial charge is 0.207 e. The lowest BCUT2D eigenvalue weighted by molar-refractivity contribution is 0.599. The van der Waals surface area contributed by atoms with Crippen LogP contribution in [0, 0.1) is 12.7 Å². The molecule has 2 nitrogen and oxygen atoms in total. The zero-order valence-corrected chi connectivity index (χ0v) is 8.84. The van der Waals surface area contributed by atoms with Crippen molar-refractivity contribution in [3.8, 4) is 0 Å². The topological polar surface area (TPSA) is 34.1 Å². The van der Waals surface area contributed by atoms with Crippen molar-refractivity contribution in [1.82, 2.24) is 0 Å². The summed E-state index contributed by atoms with van der Waals surface area (Å²) in [5, 5.41) is -0.463. The molecular formula is C7H5Cl2FO2S. The molecule has 0 saturated heterocycles. The van der Waals surface area contributed by atoms with E-state index >= 15 is 0 Å². The number of halogens is 3. The molecule has 0 aromatic heterocycles. The first-order valence-electron chi connectivity index (χ1n) is 3.23. The zero-order valence-electron chi connectivity index (χ0n) is 6.51. The number of hydrogen-bond acceptors (Lipinski definition) is 2. The maximum atomic E-state index is 13.1. The summed E-state index contributed by atoms with van der Waals surface area (Å²) in [7, 11) is 1.04. The molecule has 0 atom stereocenters. The quantitative estimate of drug-likeness (QED) is 0.710. The van der Waals surface area contributed by atoms with Gasteiger partial charge in [-0.3, -0.25) is 0 Å². The van der Waals surface area contributed by atoms with Gasteiger partial charge in [-0.25, -0.2) is 12.8 Å². The molecule has 0 heterocycles. The Balaban J connectivity index is 3.53. The van der Waals surface area contributed by atoms with Crippen LogP contribution in [-0.4, -0.2) is 8.42 Å². The van der Waals surface area contributed by atoms with Gasteiger partial charge in [0.15, 0.2) is 0 Å². The maximum Gasteiger partial charge on any atom is 0.262 e. The lowest BCUT2D eigenvalue weighted by Gasteiger charge is -2.02. The van der Waals surface area contributed by atoms with Crippen LogP contribution in [-0.2, 0) is 9.05 Å². The zero-order chi connectivity index (χ0) is 10.2. The van der Waals surface area contributed by atoms with Crippen LogP contribution in [0.1, 0.15) is 5.56 Å². The second-order valence-electron chi connectivity index (χ2n) is 2.45. The predicted octanol–water partition coefficient (Wildman–Crippen LogP) is 2.72. The second-order valence-corrected chi connectivity index (χ2v) is 5.36. The van der Waals surface area contributed by atoms with Crippen molar-refractivity contribution in [1.29, 1.82) is 0 Å². The molecule has 0 N–H and O–H groups in total. The van der Waals surface area contributed by atoms with E-state index in [9.17, 15) is 12.8 Å². The standard InChI is InChI=1S/C7H5Cl2FO2S/c1-4-2-3-5(13(9,11)12)6(8)7(4)10/h2-3H,1H3. The third-order valence-electron chi connectivity index (χ3n) is 1.50. The molecule has 0 aliphatic carbocycles. The molecular weight excluding hydrogens is 238 g/mol. The van der Waals surface area contributed by atoms with E-state index in [-0.39, 0.29) is 5.56 Å². The van der Waals surface area contributed by atoms with E-state index in [1.54, 1.807) is 0 Å². The first-order chi connectivity index (χ1) is 5.84. The van der Waals surface area contributed by atoms with Crippen molar-refractivity contribution in [2.24, 2.45) is 0 Å². The van der Waals surface area contributed by atoms with E-state index in [1.165, 1.54) is 19.1 Å². The molecule has 0 aliphatic heterocycles. The summed E-state index contributed by atoms with van der Waals surface area (Å²) in [4.78, 5) is -0.404. The Morgan fingerprint density at radius 3 is 2.38 bits per heavy atom. The minimum absolute atomic E-state index is 0.272. The van der Waals surface area contributed by atoms with Crippen molar-refractivity contribution >= 4 is 31.3 Å². The third kappa shape index (κ3) is 2.13. The van der Waals surface area contributed by atoms with Crippen LogP contribution < -0.4 is 0 Å². The molecule has 0 amide bonds. The fourth-order valence-electron chi connectivity index (χ4n) is 0.817. The molecule has 13 heavy (non-hydrogen) atoms. The highest BCUT2D eigenvalue weighted by molar-refractivity contribution is 8.13. The first-order valence-corrected chi connectivity index (χ1v) is 5.92. The average molecular weight is 243 g/mol. The Morgan fingerprint density at radius 1 is 1.38 bits per heavy atom. The van der Waals surface area contributed by atoms with Gasteiger partial charge in [0, 0.05) is 10.7 Å². The van der Waals surface area contributed by atoms with Crippen molar-refractivity contribution in [3.63, 3.8) is 0 Å². The highest BCUT2D eigenvalue weighted by atomic mass is 35.7. The fourth-order valence-corrected chi connectivity index (χ4v) is 2.37. The normalized spacial score (nSPS) is 11.7. The van der Waals surface area contributed by atoms with Crippen LogP contribution in [0.15, 0.2) is 17.0 Å². The van der Waals surface area contributed by atoms with Crippen LogP contribution in [0.5, 0.6) is 0 Å². The lowest BCUT2D eigenvalue weighted by atomic mass is 10.2. The highest BCUT2D eigenvalue weighted by Gasteiger charge is 2.18. The molecule has 0 unspecified atom stereocenters. The molecule has 0 aliphatic rings. The number of aryl methyl sites for hydroxylation is 1. The number of benzene rings is 1. The molecule has 0 fully saturated rings. The average Bonchev–Trinajstić information content (AvgIpc) is 1.98. The first kappa shape index (κ1) is 10.8. The summed E-state index contributed by atoms with van der Waals surface area (Å²) in [6.07, 6.45) is 0. The van der Waals surface area contributed by atoms with E-state index in [0.717, 1.165) is 0 Å². The monoisotopic (exact) mass is 242 g/mol. The van der Waals surface area contributed by atoms with Gasteiger partial charge in [-0.2, -0.15) is 0 Å². The largest absolute Gasteiger partial charge is 0.262 e. The van der Waals surface area contributed by atoms with Crippen LogP contribution in [0.3, 0.4) is 0 Å². The maximum absolute atomic E-state index is 13.1. The van der Waals surface area contributed by atoms with Gasteiger partial charge in [-0.05, 0) is 18.6 Å². The molecule has 0 radical (unpaired) electrons. The Labute approximate surface area is 84.7 Å². The molecule has 1 aromatic carbocycles. The summed E-state index contributed by atoms with van der Waals surface area (Å²) in [6, 6.07) is 2.47. The van der Waals surface area contributed by atoms with Crippen molar-refractivity contribution in [2.75, 3.05) is 0 Å². The lowest BCUT2D eigenvalue weighted by Crippen LogP contribution is -1.95. The molecule has 0 bridgehead atoms. The van der Waals surface area contributed by atoms with Gasteiger partial charge >= 0.3 is 0 Å². The van der Waals surface area contributed by atoms with Gasteiger partial charge in [-0.1, -0.05) is 17.7 Å². The fraction of sp³-hybridized carbons (Fsp3) is 0.143. The van der Waals surface area contributed by atoms with Gasteiger partial charge in [0.05, 0.1) is 5.02 Å². The SMILES string of the molecule is Cc1ccc(S(=O)(=O)Cl)c(Cl)c1F. The summed E-state index contributed by atoms with van der Waals surface area (Å²) in [5.41, 5.74) is 0.272. The van der Waals surface area contributed by atoms with E-state index in [0.29, 0.717) is 0 Å². The van der Waals surface area contributed by atoms with Gasteiger partial charge in [0.2, 0.25) is 0 Å². The van der Waals surface area contributed by atoms with Crippen LogP contribution in [0.4, 0.5) is 4.39 Å². The Hall–Kier alpha value is -0.320. The Morgan fingerprint density at radius 2 is 1.92 bits per heavy atom. The van der Waals surface area contributed by atoms with E-state index in [1.807, 2.05) is 0 Å². The van der Waals surface area contributed by atoms with Crippen LogP contribution in [0.2, 0.25) is 5.02 Å². The van der Waals surface area contributed by atoms with Gasteiger partial charge in [0.25, 0.3) is 9.05 Å². The molecule has 1 rings (SSSR count). The van der Waals surface area contributed by atoms with Crippen molar-refractivity contribution in [3.05, 3.63) is 28.5 Å². The molecule has 72 valence electrons. The van der Waals surface area contributed by atoms with E-state index < -0.39 is 24.8 Å². The van der Waals surface area contributed by atoms with Gasteiger partial charge in [-0.15, -0.1) is 0 Å². The summed E-state index contributed by atoms with van der Waals surface area (Å²) in [6.45, 7) is 1.48. The van der Waals surface area contributed by atoms with Crippen molar-refractivity contribution < 1.29 is 12.8 Å². The van der Waals surface area contributed by atoms with Crippen LogP contribution >= 0.6 is 22.3 Å². The van der Waals surface area contributed by atoms with Crippen LogP contribution in [0.25, 0.3) is 0 Å². The highest BCUT2D eigenvalue weighted by Crippen LogP contribution is 2.28. The molecule has 1 aromatic rings. The van der Waals surface area contributed by atoms with E-state index in [4.69, 9.17) is 22.3 Å².